The summed E-state index contributed by atoms with van der Waals surface area (Å²) in [6.45, 7) is 9.32. The number of ketones is 1. The molecule has 1 amide bonds. The van der Waals surface area contributed by atoms with Crippen LogP contribution < -0.4 is 10.1 Å². The van der Waals surface area contributed by atoms with E-state index < -0.39 is 48.6 Å². The van der Waals surface area contributed by atoms with Crippen molar-refractivity contribution in [1.82, 2.24) is 0 Å². The molecule has 5 N–H and O–H groups in total. The van der Waals surface area contributed by atoms with Crippen LogP contribution >= 0.6 is 0 Å². The summed E-state index contributed by atoms with van der Waals surface area (Å²) in [5.74, 6) is -2.79. The summed E-state index contributed by atoms with van der Waals surface area (Å²) in [6, 6.07) is 4.42. The Labute approximate surface area is 279 Å². The maximum absolute atomic E-state index is 12.7. The van der Waals surface area contributed by atoms with Crippen molar-refractivity contribution in [3.63, 3.8) is 0 Å². The minimum absolute atomic E-state index is 0.00183. The Kier molecular flexibility index (Phi) is 18.5. The van der Waals surface area contributed by atoms with Gasteiger partial charge in [0.1, 0.15) is 36.5 Å². The van der Waals surface area contributed by atoms with Crippen LogP contribution in [-0.4, -0.2) is 128 Å². The van der Waals surface area contributed by atoms with Crippen LogP contribution in [0.4, 0.5) is 5.69 Å². The second kappa shape index (κ2) is 21.7. The van der Waals surface area contributed by atoms with Crippen LogP contribution in [0.3, 0.4) is 0 Å². The summed E-state index contributed by atoms with van der Waals surface area (Å²) in [6.07, 6.45) is -8.94. The normalized spacial score (nSPS) is 20.9. The SMILES string of the molecule is CC(C)C(=O)CCOCCOCCOCCOCCC(=O)Nc1ccc(COC(=O)C(C)C)cc1O[C@@H]1O[C@H](C(=O)O)[C@@H](O)[C@H](O)[C@H]1O. The summed E-state index contributed by atoms with van der Waals surface area (Å²) in [5.41, 5.74) is 0.550. The quantitative estimate of drug-likeness (QED) is 0.0787. The molecule has 1 aliphatic rings. The zero-order valence-electron chi connectivity index (χ0n) is 27.8. The minimum Gasteiger partial charge on any atom is -0.479 e. The van der Waals surface area contributed by atoms with Crippen molar-refractivity contribution in [1.29, 1.82) is 0 Å². The number of aliphatic carboxylic acids is 1. The van der Waals surface area contributed by atoms with E-state index >= 15 is 0 Å². The molecule has 1 heterocycles. The highest BCUT2D eigenvalue weighted by Crippen LogP contribution is 2.31. The molecule has 0 aromatic heterocycles. The number of carboxylic acid groups (broad SMARTS) is 1. The third-order valence-electron chi connectivity index (χ3n) is 6.95. The van der Waals surface area contributed by atoms with E-state index in [1.807, 2.05) is 13.8 Å². The highest BCUT2D eigenvalue weighted by molar-refractivity contribution is 5.92. The van der Waals surface area contributed by atoms with Crippen molar-refractivity contribution in [2.24, 2.45) is 11.8 Å². The molecule has 1 fully saturated rings. The molecule has 0 radical (unpaired) electrons. The van der Waals surface area contributed by atoms with Crippen molar-refractivity contribution < 1.29 is 72.8 Å². The number of carbonyl (C=O) groups excluding carboxylic acids is 3. The molecule has 0 aliphatic carbocycles. The van der Waals surface area contributed by atoms with Crippen LogP contribution in [0, 0.1) is 11.8 Å². The Morgan fingerprint density at radius 1 is 0.771 bits per heavy atom. The number of benzene rings is 1. The number of carbonyl (C=O) groups is 4. The van der Waals surface area contributed by atoms with E-state index in [0.29, 0.717) is 45.0 Å². The van der Waals surface area contributed by atoms with Gasteiger partial charge in [-0.05, 0) is 17.7 Å². The molecule has 0 spiro atoms. The van der Waals surface area contributed by atoms with Crippen LogP contribution in [0.25, 0.3) is 0 Å². The molecule has 2 rings (SSSR count). The molecule has 5 atom stereocenters. The van der Waals surface area contributed by atoms with E-state index in [1.54, 1.807) is 19.9 Å². The standard InChI is InChI=1S/C32H49NO15/c1-19(2)23(34)7-9-42-11-13-44-15-16-45-14-12-43-10-8-25(35)33-22-6-5-21(18-46-31(41)20(3)4)17-24(22)47-32-28(38)26(36)27(37)29(48-32)30(39)40/h5-6,17,19-20,26-29,32,36-38H,7-16,18H2,1-4H3,(H,33,35)(H,39,40)/t26-,27-,28+,29-,32+/m0/s1. The highest BCUT2D eigenvalue weighted by Gasteiger charge is 2.48. The molecule has 272 valence electrons. The summed E-state index contributed by atoms with van der Waals surface area (Å²) in [4.78, 5) is 47.6. The van der Waals surface area contributed by atoms with Gasteiger partial charge in [0.25, 0.3) is 0 Å². The number of amides is 1. The van der Waals surface area contributed by atoms with Crippen LogP contribution in [0.2, 0.25) is 0 Å². The fourth-order valence-corrected chi connectivity index (χ4v) is 4.05. The fourth-order valence-electron chi connectivity index (χ4n) is 4.05. The topological polar surface area (TPSA) is 226 Å². The average molecular weight is 688 g/mol. The minimum atomic E-state index is -1.92. The van der Waals surface area contributed by atoms with E-state index in [1.165, 1.54) is 12.1 Å². The van der Waals surface area contributed by atoms with Gasteiger partial charge in [-0.3, -0.25) is 14.4 Å². The van der Waals surface area contributed by atoms with E-state index in [4.69, 9.17) is 33.2 Å². The van der Waals surface area contributed by atoms with Crippen molar-refractivity contribution in [2.45, 2.75) is 77.8 Å². The van der Waals surface area contributed by atoms with Crippen molar-refractivity contribution in [2.75, 3.05) is 58.2 Å². The van der Waals surface area contributed by atoms with Gasteiger partial charge >= 0.3 is 11.9 Å². The molecular formula is C32H49NO15. The van der Waals surface area contributed by atoms with Crippen LogP contribution in [0.15, 0.2) is 18.2 Å². The van der Waals surface area contributed by atoms with E-state index in [9.17, 15) is 39.6 Å². The molecule has 0 unspecified atom stereocenters. The van der Waals surface area contributed by atoms with Crippen molar-refractivity contribution in [3.8, 4) is 5.75 Å². The Morgan fingerprint density at radius 3 is 1.88 bits per heavy atom. The lowest BCUT2D eigenvalue weighted by atomic mass is 9.99. The summed E-state index contributed by atoms with van der Waals surface area (Å²) in [7, 11) is 0. The largest absolute Gasteiger partial charge is 0.479 e. The third kappa shape index (κ3) is 14.5. The number of hydrogen-bond acceptors (Lipinski definition) is 14. The lowest BCUT2D eigenvalue weighted by Gasteiger charge is -2.38. The molecule has 0 bridgehead atoms. The van der Waals surface area contributed by atoms with Gasteiger partial charge in [-0.15, -0.1) is 0 Å². The summed E-state index contributed by atoms with van der Waals surface area (Å²) < 4.78 is 37.8. The number of esters is 1. The molecular weight excluding hydrogens is 638 g/mol. The van der Waals surface area contributed by atoms with Gasteiger partial charge in [-0.1, -0.05) is 33.8 Å². The molecule has 16 heteroatoms. The predicted molar refractivity (Wildman–Crippen MR) is 167 cm³/mol. The molecule has 48 heavy (non-hydrogen) atoms. The number of hydrogen-bond donors (Lipinski definition) is 5. The van der Waals surface area contributed by atoms with Gasteiger partial charge in [-0.25, -0.2) is 4.79 Å². The number of nitrogens with one attached hydrogen (secondary N) is 1. The molecule has 1 aliphatic heterocycles. The Bertz CT molecular complexity index is 1160. The van der Waals surface area contributed by atoms with E-state index in [0.717, 1.165) is 0 Å². The second-order valence-electron chi connectivity index (χ2n) is 11.6. The van der Waals surface area contributed by atoms with Crippen LogP contribution in [-0.2, 0) is 54.2 Å². The number of rotatable bonds is 23. The van der Waals surface area contributed by atoms with Gasteiger partial charge in [0, 0.05) is 12.3 Å². The van der Waals surface area contributed by atoms with Gasteiger partial charge in [-0.2, -0.15) is 0 Å². The Morgan fingerprint density at radius 2 is 1.33 bits per heavy atom. The van der Waals surface area contributed by atoms with Gasteiger partial charge in [0.2, 0.25) is 12.2 Å². The number of aliphatic hydroxyl groups excluding tert-OH is 3. The maximum Gasteiger partial charge on any atom is 0.335 e. The van der Waals surface area contributed by atoms with Crippen LogP contribution in [0.5, 0.6) is 5.75 Å². The van der Waals surface area contributed by atoms with Crippen molar-refractivity contribution >= 4 is 29.3 Å². The zero-order chi connectivity index (χ0) is 35.6. The number of carboxylic acids is 1. The van der Waals surface area contributed by atoms with Crippen molar-refractivity contribution in [3.05, 3.63) is 23.8 Å². The first-order valence-electron chi connectivity index (χ1n) is 15.8. The van der Waals surface area contributed by atoms with Gasteiger partial charge < -0.3 is 58.9 Å². The first-order chi connectivity index (χ1) is 22.8. The zero-order valence-corrected chi connectivity index (χ0v) is 27.8. The Hall–Kier alpha value is -3.22. The second-order valence-corrected chi connectivity index (χ2v) is 11.6. The monoisotopic (exact) mass is 687 g/mol. The summed E-state index contributed by atoms with van der Waals surface area (Å²) in [5, 5.41) is 42.5. The van der Waals surface area contributed by atoms with Gasteiger partial charge in [0.05, 0.1) is 70.9 Å². The maximum atomic E-state index is 12.7. The van der Waals surface area contributed by atoms with Gasteiger partial charge in [0.15, 0.2) is 6.10 Å². The number of ether oxygens (including phenoxy) is 7. The molecule has 1 aromatic carbocycles. The lowest BCUT2D eigenvalue weighted by molar-refractivity contribution is -0.271. The first-order valence-corrected chi connectivity index (χ1v) is 15.8. The average Bonchev–Trinajstić information content (AvgIpc) is 3.04. The molecule has 16 nitrogen and oxygen atoms in total. The molecule has 1 aromatic rings. The first kappa shape index (κ1) is 41.0. The predicted octanol–water partition coefficient (Wildman–Crippen LogP) is 0.667. The highest BCUT2D eigenvalue weighted by atomic mass is 16.7. The van der Waals surface area contributed by atoms with E-state index in [-0.39, 0.29) is 61.9 Å². The van der Waals surface area contributed by atoms with E-state index in [2.05, 4.69) is 5.32 Å². The third-order valence-corrected chi connectivity index (χ3v) is 6.95. The smallest absolute Gasteiger partial charge is 0.335 e. The van der Waals surface area contributed by atoms with Crippen LogP contribution in [0.1, 0.15) is 46.1 Å². The fraction of sp³-hybridized carbons (Fsp3) is 0.688. The number of Topliss-reactive ketones (excluding diaryl/α,β-unsaturated/α-hetero) is 1. The number of anilines is 1. The lowest BCUT2D eigenvalue weighted by Crippen LogP contribution is -2.61. The Balaban J connectivity index is 1.80. The summed E-state index contributed by atoms with van der Waals surface area (Å²) >= 11 is 0. The molecule has 1 saturated heterocycles. The number of aliphatic hydroxyl groups is 3. The molecule has 0 saturated carbocycles.